The van der Waals surface area contributed by atoms with Crippen LogP contribution in [0.3, 0.4) is 0 Å². The van der Waals surface area contributed by atoms with E-state index in [1.165, 1.54) is 11.3 Å². The summed E-state index contributed by atoms with van der Waals surface area (Å²) in [5.41, 5.74) is 0.840. The quantitative estimate of drug-likeness (QED) is 0.540. The number of fused-ring (bicyclic) bond motifs is 1. The Morgan fingerprint density at radius 2 is 1.88 bits per heavy atom. The highest BCUT2D eigenvalue weighted by Gasteiger charge is 2.38. The normalized spacial score (nSPS) is 11.8. The number of aromatic nitrogens is 4. The summed E-state index contributed by atoms with van der Waals surface area (Å²) in [6.45, 7) is 1.83. The van der Waals surface area contributed by atoms with Gasteiger partial charge in [0.2, 0.25) is 5.82 Å². The summed E-state index contributed by atoms with van der Waals surface area (Å²) < 4.78 is 43.5. The molecule has 0 aliphatic rings. The van der Waals surface area contributed by atoms with Crippen molar-refractivity contribution in [2.45, 2.75) is 12.8 Å². The van der Waals surface area contributed by atoms with Crippen molar-refractivity contribution in [3.8, 4) is 0 Å². The minimum Gasteiger partial charge on any atom is -0.322 e. The molecule has 4 rings (SSSR count). The minimum absolute atomic E-state index is 0.244. The maximum atomic E-state index is 14.9. The van der Waals surface area contributed by atoms with Gasteiger partial charge in [0.05, 0.1) is 10.2 Å². The lowest BCUT2D eigenvalue weighted by atomic mass is 10.1. The van der Waals surface area contributed by atoms with Crippen LogP contribution >= 0.6 is 11.3 Å². The lowest BCUT2D eigenvalue weighted by molar-refractivity contribution is 0.0333. The number of thiophene rings is 1. The molecule has 0 aliphatic heterocycles. The fourth-order valence-corrected chi connectivity index (χ4v) is 3.26. The lowest BCUT2D eigenvalue weighted by Gasteiger charge is -2.16. The molecule has 1 aromatic carbocycles. The molecule has 0 unspecified atom stereocenters. The molecule has 5 nitrogen and oxygen atoms in total. The molecule has 132 valence electrons. The Balaban J connectivity index is 1.81. The first-order valence-electron chi connectivity index (χ1n) is 7.62. The average molecular weight is 375 g/mol. The molecular formula is C17H12F3N5S. The molecule has 0 bridgehead atoms. The summed E-state index contributed by atoms with van der Waals surface area (Å²) in [5, 5.41) is 11.5. The van der Waals surface area contributed by atoms with E-state index in [0.29, 0.717) is 16.0 Å². The van der Waals surface area contributed by atoms with Gasteiger partial charge in [-0.15, -0.1) is 11.3 Å². The van der Waals surface area contributed by atoms with Crippen molar-refractivity contribution >= 4 is 33.2 Å². The molecule has 3 heterocycles. The third kappa shape index (κ3) is 2.90. The van der Waals surface area contributed by atoms with Crippen LogP contribution in [0.1, 0.15) is 17.1 Å². The summed E-state index contributed by atoms with van der Waals surface area (Å²) in [7, 11) is 0. The molecule has 0 aliphatic carbocycles. The van der Waals surface area contributed by atoms with Crippen molar-refractivity contribution in [3.05, 3.63) is 64.7 Å². The second-order valence-corrected chi connectivity index (χ2v) is 6.59. The predicted octanol–water partition coefficient (Wildman–Crippen LogP) is 4.75. The number of nitrogens with zero attached hydrogens (tertiary/aromatic N) is 3. The van der Waals surface area contributed by atoms with Crippen LogP contribution in [0.15, 0.2) is 41.8 Å². The van der Waals surface area contributed by atoms with E-state index in [0.717, 1.165) is 30.0 Å². The van der Waals surface area contributed by atoms with Crippen molar-refractivity contribution in [2.75, 3.05) is 5.32 Å². The Labute approximate surface area is 149 Å². The van der Waals surface area contributed by atoms with E-state index in [4.69, 9.17) is 0 Å². The molecule has 0 fully saturated rings. The molecule has 4 aromatic rings. The second kappa shape index (κ2) is 6.10. The van der Waals surface area contributed by atoms with E-state index in [1.807, 2.05) is 6.92 Å². The number of H-pyrrole nitrogens is 1. The van der Waals surface area contributed by atoms with Crippen LogP contribution in [0, 0.1) is 12.7 Å². The van der Waals surface area contributed by atoms with E-state index in [1.54, 1.807) is 17.5 Å². The van der Waals surface area contributed by atoms with Gasteiger partial charge in [0, 0.05) is 17.3 Å². The Bertz CT molecular complexity index is 1070. The summed E-state index contributed by atoms with van der Waals surface area (Å²) in [6, 6.07) is 7.41. The van der Waals surface area contributed by atoms with Crippen LogP contribution in [-0.2, 0) is 5.92 Å². The minimum atomic E-state index is -3.47. The smallest absolute Gasteiger partial charge is 0.322 e. The van der Waals surface area contributed by atoms with Crippen LogP contribution in [0.4, 0.5) is 24.8 Å². The highest BCUT2D eigenvalue weighted by molar-refractivity contribution is 7.17. The number of anilines is 2. The fourth-order valence-electron chi connectivity index (χ4n) is 2.48. The summed E-state index contributed by atoms with van der Waals surface area (Å²) >= 11 is 1.34. The molecule has 0 spiro atoms. The van der Waals surface area contributed by atoms with Gasteiger partial charge >= 0.3 is 5.92 Å². The molecular weight excluding hydrogens is 363 g/mol. The zero-order valence-corrected chi connectivity index (χ0v) is 14.2. The van der Waals surface area contributed by atoms with Gasteiger partial charge in [0.15, 0.2) is 11.6 Å². The molecule has 26 heavy (non-hydrogen) atoms. The van der Waals surface area contributed by atoms with Crippen LogP contribution in [0.25, 0.3) is 10.2 Å². The van der Waals surface area contributed by atoms with Crippen molar-refractivity contribution in [1.29, 1.82) is 0 Å². The summed E-state index contributed by atoms with van der Waals surface area (Å²) in [6.07, 6.45) is 0. The Morgan fingerprint density at radius 1 is 1.12 bits per heavy atom. The Hall–Kier alpha value is -2.94. The number of aryl methyl sites for hydroxylation is 1. The monoisotopic (exact) mass is 375 g/mol. The molecule has 0 radical (unpaired) electrons. The molecule has 0 amide bonds. The van der Waals surface area contributed by atoms with E-state index in [-0.39, 0.29) is 11.4 Å². The summed E-state index contributed by atoms with van der Waals surface area (Å²) in [5.74, 6) is -4.01. The Kier molecular flexibility index (Phi) is 3.87. The van der Waals surface area contributed by atoms with Gasteiger partial charge < -0.3 is 5.32 Å². The van der Waals surface area contributed by atoms with Gasteiger partial charge in [-0.25, -0.2) is 14.4 Å². The Morgan fingerprint density at radius 3 is 2.58 bits per heavy atom. The maximum Gasteiger partial charge on any atom is 0.331 e. The van der Waals surface area contributed by atoms with Crippen molar-refractivity contribution in [1.82, 2.24) is 20.2 Å². The third-order valence-electron chi connectivity index (χ3n) is 3.74. The number of nitrogens with one attached hydrogen (secondary N) is 2. The molecule has 9 heteroatoms. The zero-order valence-electron chi connectivity index (χ0n) is 13.4. The fraction of sp³-hybridized carbons (Fsp3) is 0.118. The topological polar surface area (TPSA) is 66.5 Å². The van der Waals surface area contributed by atoms with Gasteiger partial charge in [0.25, 0.3) is 0 Å². The van der Waals surface area contributed by atoms with Gasteiger partial charge in [-0.1, -0.05) is 0 Å². The average Bonchev–Trinajstić information content (AvgIpc) is 3.24. The van der Waals surface area contributed by atoms with Crippen molar-refractivity contribution in [3.63, 3.8) is 0 Å². The predicted molar refractivity (Wildman–Crippen MR) is 93.4 cm³/mol. The first-order chi connectivity index (χ1) is 12.4. The van der Waals surface area contributed by atoms with Gasteiger partial charge in [-0.3, -0.25) is 5.10 Å². The van der Waals surface area contributed by atoms with Gasteiger partial charge in [0.1, 0.15) is 5.82 Å². The third-order valence-corrected chi connectivity index (χ3v) is 4.65. The number of rotatable bonds is 4. The van der Waals surface area contributed by atoms with Crippen molar-refractivity contribution < 1.29 is 13.2 Å². The van der Waals surface area contributed by atoms with E-state index in [9.17, 15) is 13.2 Å². The molecule has 0 atom stereocenters. The maximum absolute atomic E-state index is 14.9. The highest BCUT2D eigenvalue weighted by Crippen LogP contribution is 2.37. The van der Waals surface area contributed by atoms with Gasteiger partial charge in [-0.2, -0.15) is 13.9 Å². The molecule has 0 saturated heterocycles. The van der Waals surface area contributed by atoms with Crippen LogP contribution in [-0.4, -0.2) is 20.2 Å². The van der Waals surface area contributed by atoms with Crippen LogP contribution < -0.4 is 5.32 Å². The number of halogens is 3. The molecule has 2 N–H and O–H groups in total. The number of benzene rings is 1. The van der Waals surface area contributed by atoms with E-state index < -0.39 is 17.6 Å². The number of hydrogen-bond acceptors (Lipinski definition) is 5. The van der Waals surface area contributed by atoms with Gasteiger partial charge in [-0.05, 0) is 42.6 Å². The SMILES string of the molecule is Cc1cc(Nc2nc(C(F)(F)c3ccc(F)cc3)nc3ccsc23)n[nH]1. The van der Waals surface area contributed by atoms with E-state index in [2.05, 4.69) is 25.5 Å². The lowest BCUT2D eigenvalue weighted by Crippen LogP contribution is -2.20. The van der Waals surface area contributed by atoms with Crippen LogP contribution in [0.2, 0.25) is 0 Å². The first kappa shape index (κ1) is 16.5. The molecule has 3 aromatic heterocycles. The second-order valence-electron chi connectivity index (χ2n) is 5.67. The highest BCUT2D eigenvalue weighted by atomic mass is 32.1. The first-order valence-corrected chi connectivity index (χ1v) is 8.50. The number of alkyl halides is 2. The van der Waals surface area contributed by atoms with Crippen LogP contribution in [0.5, 0.6) is 0 Å². The zero-order chi connectivity index (χ0) is 18.3. The standard InChI is InChI=1S/C17H12F3N5S/c1-9-8-13(25-24-9)22-15-14-12(6-7-26-14)21-16(23-15)17(19,20)10-2-4-11(18)5-3-10/h2-8H,1H3,(H2,21,22,23,24,25). The molecule has 0 saturated carbocycles. The number of aromatic amines is 1. The number of hydrogen-bond donors (Lipinski definition) is 2. The van der Waals surface area contributed by atoms with E-state index >= 15 is 0 Å². The largest absolute Gasteiger partial charge is 0.331 e. The summed E-state index contributed by atoms with van der Waals surface area (Å²) in [4.78, 5) is 8.04. The van der Waals surface area contributed by atoms with Crippen molar-refractivity contribution in [2.24, 2.45) is 0 Å².